The fourth-order valence-electron chi connectivity index (χ4n) is 2.47. The van der Waals surface area contributed by atoms with Crippen molar-refractivity contribution in [2.75, 3.05) is 10.6 Å². The molecule has 1 amide bonds. The summed E-state index contributed by atoms with van der Waals surface area (Å²) in [6.07, 6.45) is 1.40. The highest BCUT2D eigenvalue weighted by Gasteiger charge is 2.10. The lowest BCUT2D eigenvalue weighted by Crippen LogP contribution is -2.15. The van der Waals surface area contributed by atoms with E-state index in [1.54, 1.807) is 6.07 Å². The molecular formula is C20H20N4O. The van der Waals surface area contributed by atoms with Gasteiger partial charge < -0.3 is 10.6 Å². The number of carbonyl (C=O) groups excluding carboxylic acids is 1. The summed E-state index contributed by atoms with van der Waals surface area (Å²) in [4.78, 5) is 20.7. The molecule has 2 aromatic carbocycles. The predicted octanol–water partition coefficient (Wildman–Crippen LogP) is 3.96. The van der Waals surface area contributed by atoms with Crippen molar-refractivity contribution >= 4 is 17.4 Å². The molecular weight excluding hydrogens is 312 g/mol. The number of aromatic nitrogens is 2. The Bertz CT molecular complexity index is 892. The van der Waals surface area contributed by atoms with Crippen LogP contribution in [0.1, 0.15) is 27.2 Å². The molecule has 0 saturated carbocycles. The molecule has 3 rings (SSSR count). The molecule has 1 aromatic heterocycles. The third-order valence-corrected chi connectivity index (χ3v) is 4.01. The Morgan fingerprint density at radius 2 is 1.68 bits per heavy atom. The van der Waals surface area contributed by atoms with Crippen LogP contribution >= 0.6 is 0 Å². The number of rotatable bonds is 5. The van der Waals surface area contributed by atoms with Gasteiger partial charge in [-0.05, 0) is 36.6 Å². The molecule has 0 aliphatic carbocycles. The van der Waals surface area contributed by atoms with Gasteiger partial charge in [-0.2, -0.15) is 0 Å². The Morgan fingerprint density at radius 3 is 2.44 bits per heavy atom. The minimum Gasteiger partial charge on any atom is -0.366 e. The van der Waals surface area contributed by atoms with Crippen LogP contribution < -0.4 is 10.6 Å². The average molecular weight is 332 g/mol. The van der Waals surface area contributed by atoms with Crippen molar-refractivity contribution < 1.29 is 4.79 Å². The summed E-state index contributed by atoms with van der Waals surface area (Å²) in [5.41, 5.74) is 4.50. The van der Waals surface area contributed by atoms with E-state index in [0.717, 1.165) is 11.3 Å². The Balaban J connectivity index is 1.70. The van der Waals surface area contributed by atoms with Crippen molar-refractivity contribution in [1.29, 1.82) is 0 Å². The standard InChI is InChI=1S/C20H20N4O/c1-14-7-3-5-9-16(14)12-21-19-11-18(22-13-23-19)20(25)24-17-10-6-4-8-15(17)2/h3-11,13H,12H2,1-2H3,(H,24,25)(H,21,22,23). The van der Waals surface area contributed by atoms with Crippen LogP contribution in [-0.2, 0) is 6.54 Å². The van der Waals surface area contributed by atoms with E-state index in [9.17, 15) is 4.79 Å². The second kappa shape index (κ2) is 7.57. The highest BCUT2D eigenvalue weighted by atomic mass is 16.1. The van der Waals surface area contributed by atoms with E-state index in [1.807, 2.05) is 43.3 Å². The molecule has 2 N–H and O–H groups in total. The van der Waals surface area contributed by atoms with Crippen LogP contribution in [0.5, 0.6) is 0 Å². The van der Waals surface area contributed by atoms with Gasteiger partial charge in [-0.15, -0.1) is 0 Å². The number of nitrogens with zero attached hydrogens (tertiary/aromatic N) is 2. The van der Waals surface area contributed by atoms with Gasteiger partial charge >= 0.3 is 0 Å². The number of carbonyl (C=O) groups is 1. The van der Waals surface area contributed by atoms with Crippen molar-refractivity contribution in [3.63, 3.8) is 0 Å². The largest absolute Gasteiger partial charge is 0.366 e. The average Bonchev–Trinajstić information content (AvgIpc) is 2.63. The van der Waals surface area contributed by atoms with Gasteiger partial charge in [0.15, 0.2) is 0 Å². The lowest BCUT2D eigenvalue weighted by atomic mass is 10.1. The third kappa shape index (κ3) is 4.20. The minimum atomic E-state index is -0.254. The maximum absolute atomic E-state index is 12.4. The SMILES string of the molecule is Cc1ccccc1CNc1cc(C(=O)Nc2ccccc2C)ncn1. The van der Waals surface area contributed by atoms with E-state index in [1.165, 1.54) is 17.5 Å². The number of aryl methyl sites for hydroxylation is 2. The zero-order valence-corrected chi connectivity index (χ0v) is 14.3. The minimum absolute atomic E-state index is 0.254. The molecule has 0 atom stereocenters. The molecule has 5 heteroatoms. The Hall–Kier alpha value is -3.21. The highest BCUT2D eigenvalue weighted by molar-refractivity contribution is 6.03. The number of amides is 1. The Morgan fingerprint density at radius 1 is 0.960 bits per heavy atom. The molecule has 25 heavy (non-hydrogen) atoms. The van der Waals surface area contributed by atoms with Gasteiger partial charge in [0.1, 0.15) is 17.8 Å². The van der Waals surface area contributed by atoms with Crippen LogP contribution in [0.25, 0.3) is 0 Å². The molecule has 1 heterocycles. The first kappa shape index (κ1) is 16.6. The van der Waals surface area contributed by atoms with Crippen LogP contribution in [0, 0.1) is 13.8 Å². The van der Waals surface area contributed by atoms with Crippen LogP contribution in [-0.4, -0.2) is 15.9 Å². The van der Waals surface area contributed by atoms with Crippen molar-refractivity contribution in [3.8, 4) is 0 Å². The summed E-state index contributed by atoms with van der Waals surface area (Å²) in [6.45, 7) is 4.66. The summed E-state index contributed by atoms with van der Waals surface area (Å²) >= 11 is 0. The molecule has 0 aliphatic rings. The van der Waals surface area contributed by atoms with E-state index in [0.29, 0.717) is 18.1 Å². The second-order valence-electron chi connectivity index (χ2n) is 5.84. The number of hydrogen-bond acceptors (Lipinski definition) is 4. The lowest BCUT2D eigenvalue weighted by Gasteiger charge is -2.10. The Labute approximate surface area is 147 Å². The quantitative estimate of drug-likeness (QED) is 0.742. The molecule has 0 saturated heterocycles. The lowest BCUT2D eigenvalue weighted by molar-refractivity contribution is 0.102. The molecule has 126 valence electrons. The molecule has 0 bridgehead atoms. The normalized spacial score (nSPS) is 10.3. The molecule has 0 aliphatic heterocycles. The zero-order chi connectivity index (χ0) is 17.6. The van der Waals surface area contributed by atoms with Crippen LogP contribution in [0.15, 0.2) is 60.9 Å². The maximum atomic E-state index is 12.4. The maximum Gasteiger partial charge on any atom is 0.274 e. The zero-order valence-electron chi connectivity index (χ0n) is 14.3. The fourth-order valence-corrected chi connectivity index (χ4v) is 2.47. The first-order valence-electron chi connectivity index (χ1n) is 8.11. The number of nitrogens with one attached hydrogen (secondary N) is 2. The van der Waals surface area contributed by atoms with E-state index < -0.39 is 0 Å². The first-order valence-corrected chi connectivity index (χ1v) is 8.11. The van der Waals surface area contributed by atoms with Gasteiger partial charge in [-0.1, -0.05) is 42.5 Å². The van der Waals surface area contributed by atoms with Crippen LogP contribution in [0.3, 0.4) is 0 Å². The van der Waals surface area contributed by atoms with Crippen molar-refractivity contribution in [1.82, 2.24) is 9.97 Å². The first-order chi connectivity index (χ1) is 12.1. The summed E-state index contributed by atoms with van der Waals surface area (Å²) in [5, 5.41) is 6.12. The Kier molecular flexibility index (Phi) is 5.04. The van der Waals surface area contributed by atoms with Gasteiger partial charge in [-0.3, -0.25) is 4.79 Å². The van der Waals surface area contributed by atoms with Gasteiger partial charge in [0.05, 0.1) is 0 Å². The summed E-state index contributed by atoms with van der Waals surface area (Å²) < 4.78 is 0. The molecule has 5 nitrogen and oxygen atoms in total. The van der Waals surface area contributed by atoms with E-state index in [-0.39, 0.29) is 5.91 Å². The number of anilines is 2. The van der Waals surface area contributed by atoms with Crippen molar-refractivity contribution in [2.24, 2.45) is 0 Å². The molecule has 3 aromatic rings. The number of benzene rings is 2. The molecule has 0 unspecified atom stereocenters. The summed E-state index contributed by atoms with van der Waals surface area (Å²) in [6, 6.07) is 17.4. The summed E-state index contributed by atoms with van der Waals surface area (Å²) in [5.74, 6) is 0.365. The second-order valence-corrected chi connectivity index (χ2v) is 5.84. The van der Waals surface area contributed by atoms with E-state index >= 15 is 0 Å². The van der Waals surface area contributed by atoms with Gasteiger partial charge in [0.25, 0.3) is 5.91 Å². The van der Waals surface area contributed by atoms with E-state index in [2.05, 4.69) is 39.7 Å². The van der Waals surface area contributed by atoms with Gasteiger partial charge in [0, 0.05) is 18.3 Å². The van der Waals surface area contributed by atoms with Gasteiger partial charge in [-0.25, -0.2) is 9.97 Å². The molecule has 0 spiro atoms. The predicted molar refractivity (Wildman–Crippen MR) is 99.7 cm³/mol. The van der Waals surface area contributed by atoms with Crippen LogP contribution in [0.4, 0.5) is 11.5 Å². The van der Waals surface area contributed by atoms with Crippen molar-refractivity contribution in [3.05, 3.63) is 83.3 Å². The van der Waals surface area contributed by atoms with E-state index in [4.69, 9.17) is 0 Å². The summed E-state index contributed by atoms with van der Waals surface area (Å²) in [7, 11) is 0. The molecule has 0 radical (unpaired) electrons. The topological polar surface area (TPSA) is 66.9 Å². The monoisotopic (exact) mass is 332 g/mol. The van der Waals surface area contributed by atoms with Gasteiger partial charge in [0.2, 0.25) is 0 Å². The highest BCUT2D eigenvalue weighted by Crippen LogP contribution is 2.15. The fraction of sp³-hybridized carbons (Fsp3) is 0.150. The molecule has 0 fully saturated rings. The number of hydrogen-bond donors (Lipinski definition) is 2. The van der Waals surface area contributed by atoms with Crippen molar-refractivity contribution in [2.45, 2.75) is 20.4 Å². The third-order valence-electron chi connectivity index (χ3n) is 4.01. The smallest absolute Gasteiger partial charge is 0.274 e. The number of para-hydroxylation sites is 1. The van der Waals surface area contributed by atoms with Crippen LogP contribution in [0.2, 0.25) is 0 Å².